The smallest absolute Gasteiger partial charge is 0.194 e. The highest BCUT2D eigenvalue weighted by Gasteiger charge is 2.32. The van der Waals surface area contributed by atoms with Gasteiger partial charge in [-0.1, -0.05) is 30.7 Å². The zero-order chi connectivity index (χ0) is 19.9. The van der Waals surface area contributed by atoms with Crippen LogP contribution >= 0.6 is 0 Å². The fourth-order valence-electron chi connectivity index (χ4n) is 4.64. The number of morpholine rings is 1. The van der Waals surface area contributed by atoms with Crippen molar-refractivity contribution in [3.05, 3.63) is 35.4 Å². The van der Waals surface area contributed by atoms with Gasteiger partial charge in [-0.15, -0.1) is 0 Å². The lowest BCUT2D eigenvalue weighted by Crippen LogP contribution is -2.53. The average Bonchev–Trinajstić information content (AvgIpc) is 3.31. The molecule has 6 heteroatoms. The van der Waals surface area contributed by atoms with E-state index in [1.54, 1.807) is 0 Å². The number of rotatable bonds is 5. The zero-order valence-electron chi connectivity index (χ0n) is 17.8. The molecule has 2 atom stereocenters. The molecule has 0 amide bonds. The molecule has 0 aliphatic carbocycles. The van der Waals surface area contributed by atoms with E-state index in [-0.39, 0.29) is 12.2 Å². The summed E-state index contributed by atoms with van der Waals surface area (Å²) < 4.78 is 11.8. The molecule has 0 radical (unpaired) electrons. The third kappa shape index (κ3) is 5.71. The summed E-state index contributed by atoms with van der Waals surface area (Å²) in [6, 6.07) is 9.04. The summed E-state index contributed by atoms with van der Waals surface area (Å²) >= 11 is 0. The van der Waals surface area contributed by atoms with Gasteiger partial charge in [-0.25, -0.2) is 0 Å². The lowest BCUT2D eigenvalue weighted by atomic mass is 10.1. The second-order valence-electron chi connectivity index (χ2n) is 8.46. The van der Waals surface area contributed by atoms with Crippen LogP contribution in [0.15, 0.2) is 29.3 Å². The molecule has 3 aliphatic rings. The predicted molar refractivity (Wildman–Crippen MR) is 116 cm³/mol. The lowest BCUT2D eigenvalue weighted by molar-refractivity contribution is -0.0817. The predicted octanol–water partition coefficient (Wildman–Crippen LogP) is 2.63. The first-order valence-electron chi connectivity index (χ1n) is 11.3. The van der Waals surface area contributed by atoms with Crippen LogP contribution < -0.4 is 5.32 Å². The fraction of sp³-hybridized carbons (Fsp3) is 0.696. The molecule has 160 valence electrons. The Morgan fingerprint density at radius 1 is 0.966 bits per heavy atom. The van der Waals surface area contributed by atoms with Gasteiger partial charge in [0.05, 0.1) is 12.7 Å². The Kier molecular flexibility index (Phi) is 7.41. The van der Waals surface area contributed by atoms with E-state index < -0.39 is 0 Å². The van der Waals surface area contributed by atoms with Crippen molar-refractivity contribution in [1.82, 2.24) is 15.1 Å². The normalized spacial score (nSPS) is 26.7. The molecule has 3 fully saturated rings. The molecular formula is C23H36N4O2. The van der Waals surface area contributed by atoms with Gasteiger partial charge in [0.15, 0.2) is 5.96 Å². The fourth-order valence-corrected chi connectivity index (χ4v) is 4.64. The number of guanidine groups is 1. The average molecular weight is 401 g/mol. The van der Waals surface area contributed by atoms with Crippen LogP contribution in [0.5, 0.6) is 0 Å². The number of piperidine rings is 1. The van der Waals surface area contributed by atoms with Crippen LogP contribution in [0.2, 0.25) is 0 Å². The van der Waals surface area contributed by atoms with Crippen molar-refractivity contribution in [1.29, 1.82) is 0 Å². The number of hydrogen-bond donors (Lipinski definition) is 1. The van der Waals surface area contributed by atoms with Gasteiger partial charge in [0, 0.05) is 39.8 Å². The first-order chi connectivity index (χ1) is 14.3. The van der Waals surface area contributed by atoms with Crippen LogP contribution in [0.3, 0.4) is 0 Å². The Hall–Kier alpha value is -1.63. The second kappa shape index (κ2) is 10.4. The minimum Gasteiger partial charge on any atom is -0.375 e. The van der Waals surface area contributed by atoms with Gasteiger partial charge >= 0.3 is 0 Å². The van der Waals surface area contributed by atoms with Crippen molar-refractivity contribution in [2.24, 2.45) is 4.99 Å². The number of aliphatic imine (C=N–C) groups is 1. The number of likely N-dealkylation sites (tertiary alicyclic amines) is 1. The minimum absolute atomic E-state index is 0.152. The summed E-state index contributed by atoms with van der Waals surface area (Å²) in [5.41, 5.74) is 2.70. The highest BCUT2D eigenvalue weighted by molar-refractivity contribution is 5.80. The molecule has 2 unspecified atom stereocenters. The third-order valence-electron chi connectivity index (χ3n) is 6.31. The quantitative estimate of drug-likeness (QED) is 0.608. The summed E-state index contributed by atoms with van der Waals surface area (Å²) in [5.74, 6) is 0.952. The van der Waals surface area contributed by atoms with Gasteiger partial charge in [-0.05, 0) is 49.9 Å². The summed E-state index contributed by atoms with van der Waals surface area (Å²) in [7, 11) is 1.86. The van der Waals surface area contributed by atoms with E-state index >= 15 is 0 Å². The molecule has 0 aromatic heterocycles. The molecule has 4 rings (SSSR count). The van der Waals surface area contributed by atoms with Crippen LogP contribution in [0, 0.1) is 0 Å². The van der Waals surface area contributed by atoms with Crippen LogP contribution in [-0.4, -0.2) is 74.4 Å². The summed E-state index contributed by atoms with van der Waals surface area (Å²) in [4.78, 5) is 9.39. The maximum Gasteiger partial charge on any atom is 0.194 e. The number of benzene rings is 1. The molecule has 0 saturated carbocycles. The highest BCUT2D eigenvalue weighted by Crippen LogP contribution is 2.21. The van der Waals surface area contributed by atoms with Gasteiger partial charge in [0.2, 0.25) is 0 Å². The van der Waals surface area contributed by atoms with Gasteiger partial charge in [0.25, 0.3) is 0 Å². The van der Waals surface area contributed by atoms with E-state index in [1.807, 2.05) is 7.05 Å². The SMILES string of the molecule is CN=C(NCc1ccc(CN2CCCCC2)cc1)N1CCOC(C2CCCO2)C1. The molecule has 29 heavy (non-hydrogen) atoms. The largest absolute Gasteiger partial charge is 0.375 e. The van der Waals surface area contributed by atoms with Gasteiger partial charge in [-0.3, -0.25) is 9.89 Å². The summed E-state index contributed by atoms with van der Waals surface area (Å²) in [6.07, 6.45) is 6.72. The molecule has 3 heterocycles. The van der Waals surface area contributed by atoms with Crippen molar-refractivity contribution < 1.29 is 9.47 Å². The maximum absolute atomic E-state index is 5.97. The van der Waals surface area contributed by atoms with Gasteiger partial charge < -0.3 is 19.7 Å². The van der Waals surface area contributed by atoms with Crippen molar-refractivity contribution in [2.75, 3.05) is 46.4 Å². The van der Waals surface area contributed by atoms with Gasteiger partial charge in [0.1, 0.15) is 6.10 Å². The first-order valence-corrected chi connectivity index (χ1v) is 11.3. The lowest BCUT2D eigenvalue weighted by Gasteiger charge is -2.37. The zero-order valence-corrected chi connectivity index (χ0v) is 17.8. The molecule has 3 aliphatic heterocycles. The van der Waals surface area contributed by atoms with E-state index in [0.29, 0.717) is 0 Å². The molecule has 3 saturated heterocycles. The Morgan fingerprint density at radius 3 is 2.45 bits per heavy atom. The monoisotopic (exact) mass is 400 g/mol. The van der Waals surface area contributed by atoms with E-state index in [9.17, 15) is 0 Å². The van der Waals surface area contributed by atoms with E-state index in [1.165, 1.54) is 43.5 Å². The highest BCUT2D eigenvalue weighted by atomic mass is 16.5. The van der Waals surface area contributed by atoms with Crippen molar-refractivity contribution in [3.8, 4) is 0 Å². The van der Waals surface area contributed by atoms with Crippen molar-refractivity contribution >= 4 is 5.96 Å². The maximum atomic E-state index is 5.97. The van der Waals surface area contributed by atoms with E-state index in [4.69, 9.17) is 9.47 Å². The van der Waals surface area contributed by atoms with Gasteiger partial charge in [-0.2, -0.15) is 0 Å². The molecule has 6 nitrogen and oxygen atoms in total. The topological polar surface area (TPSA) is 49.3 Å². The Labute approximate surface area is 175 Å². The van der Waals surface area contributed by atoms with Crippen molar-refractivity contribution in [3.63, 3.8) is 0 Å². The molecule has 0 spiro atoms. The summed E-state index contributed by atoms with van der Waals surface area (Å²) in [5, 5.41) is 3.54. The molecule has 0 bridgehead atoms. The molecule has 1 N–H and O–H groups in total. The second-order valence-corrected chi connectivity index (χ2v) is 8.46. The first kappa shape index (κ1) is 20.6. The standard InChI is InChI=1S/C23H36N4O2/c1-24-23(27-13-15-29-22(18-27)21-6-5-14-28-21)25-16-19-7-9-20(10-8-19)17-26-11-3-2-4-12-26/h7-10,21-22H,2-6,11-18H2,1H3,(H,24,25). The van der Waals surface area contributed by atoms with Crippen LogP contribution in [0.4, 0.5) is 0 Å². The Balaban J connectivity index is 1.26. The van der Waals surface area contributed by atoms with E-state index in [2.05, 4.69) is 44.4 Å². The summed E-state index contributed by atoms with van der Waals surface area (Å²) in [6.45, 7) is 7.67. The van der Waals surface area contributed by atoms with Crippen LogP contribution in [-0.2, 0) is 22.6 Å². The molecule has 1 aromatic rings. The van der Waals surface area contributed by atoms with Crippen LogP contribution in [0.25, 0.3) is 0 Å². The number of nitrogens with zero attached hydrogens (tertiary/aromatic N) is 3. The Morgan fingerprint density at radius 2 is 1.72 bits per heavy atom. The number of nitrogens with one attached hydrogen (secondary N) is 1. The Bertz CT molecular complexity index is 651. The number of ether oxygens (including phenoxy) is 2. The molecule has 1 aromatic carbocycles. The minimum atomic E-state index is 0.152. The third-order valence-corrected chi connectivity index (χ3v) is 6.31. The molecular weight excluding hydrogens is 364 g/mol. The number of hydrogen-bond acceptors (Lipinski definition) is 4. The van der Waals surface area contributed by atoms with E-state index in [0.717, 1.165) is 58.2 Å². The van der Waals surface area contributed by atoms with Crippen molar-refractivity contribution in [2.45, 2.75) is 57.4 Å². The van der Waals surface area contributed by atoms with Crippen LogP contribution in [0.1, 0.15) is 43.2 Å².